The molecule has 0 aromatic rings. The van der Waals surface area contributed by atoms with Crippen molar-refractivity contribution in [1.82, 2.24) is 0 Å². The van der Waals surface area contributed by atoms with Gasteiger partial charge in [0, 0.05) is 4.83 Å². The van der Waals surface area contributed by atoms with E-state index in [-0.39, 0.29) is 0 Å². The molecule has 0 heterocycles. The lowest BCUT2D eigenvalue weighted by Gasteiger charge is -2.40. The molecule has 0 spiro atoms. The van der Waals surface area contributed by atoms with Gasteiger partial charge in [0.25, 0.3) is 0 Å². The lowest BCUT2D eigenvalue weighted by Crippen LogP contribution is -2.32. The predicted molar refractivity (Wildman–Crippen MR) is 81.8 cm³/mol. The zero-order valence-electron chi connectivity index (χ0n) is 12.3. The zero-order valence-corrected chi connectivity index (χ0v) is 13.9. The van der Waals surface area contributed by atoms with E-state index in [2.05, 4.69) is 43.6 Å². The highest BCUT2D eigenvalue weighted by atomic mass is 79.9. The minimum Gasteiger partial charge on any atom is -0.0888 e. The SMILES string of the molecule is CCCCCCC1CC(C(C)(C)C)CCC1Br. The molecule has 0 radical (unpaired) electrons. The van der Waals surface area contributed by atoms with Crippen LogP contribution < -0.4 is 0 Å². The fourth-order valence-corrected chi connectivity index (χ4v) is 3.89. The third-order valence-electron chi connectivity index (χ3n) is 4.54. The first-order valence-electron chi connectivity index (χ1n) is 7.59. The van der Waals surface area contributed by atoms with Gasteiger partial charge in [-0.15, -0.1) is 0 Å². The molecular formula is C16H31Br. The summed E-state index contributed by atoms with van der Waals surface area (Å²) in [5.41, 5.74) is 0.509. The van der Waals surface area contributed by atoms with Crippen LogP contribution in [0.5, 0.6) is 0 Å². The van der Waals surface area contributed by atoms with Gasteiger partial charge in [-0.1, -0.05) is 69.3 Å². The molecule has 0 nitrogen and oxygen atoms in total. The monoisotopic (exact) mass is 302 g/mol. The second-order valence-electron chi connectivity index (χ2n) is 7.00. The Bertz CT molecular complexity index is 204. The Labute approximate surface area is 117 Å². The van der Waals surface area contributed by atoms with Gasteiger partial charge >= 0.3 is 0 Å². The molecule has 0 saturated heterocycles. The van der Waals surface area contributed by atoms with E-state index in [1.807, 2.05) is 0 Å². The topological polar surface area (TPSA) is 0 Å². The second-order valence-corrected chi connectivity index (χ2v) is 8.18. The van der Waals surface area contributed by atoms with E-state index >= 15 is 0 Å². The van der Waals surface area contributed by atoms with Gasteiger partial charge in [-0.2, -0.15) is 0 Å². The summed E-state index contributed by atoms with van der Waals surface area (Å²) in [6.45, 7) is 9.55. The maximum atomic E-state index is 3.92. The normalized spacial score (nSPS) is 30.5. The zero-order chi connectivity index (χ0) is 12.9. The Morgan fingerprint density at radius 1 is 1.06 bits per heavy atom. The van der Waals surface area contributed by atoms with Gasteiger partial charge in [0.15, 0.2) is 0 Å². The molecule has 3 atom stereocenters. The Hall–Kier alpha value is 0.480. The highest BCUT2D eigenvalue weighted by Gasteiger charge is 2.34. The van der Waals surface area contributed by atoms with Crippen molar-refractivity contribution in [3.63, 3.8) is 0 Å². The van der Waals surface area contributed by atoms with E-state index in [1.54, 1.807) is 0 Å². The van der Waals surface area contributed by atoms with Crippen LogP contribution in [-0.2, 0) is 0 Å². The Balaban J connectivity index is 2.36. The van der Waals surface area contributed by atoms with Crippen molar-refractivity contribution < 1.29 is 0 Å². The minimum atomic E-state index is 0.509. The number of unbranched alkanes of at least 4 members (excludes halogenated alkanes) is 3. The van der Waals surface area contributed by atoms with Gasteiger partial charge in [-0.25, -0.2) is 0 Å². The first-order chi connectivity index (χ1) is 7.95. The van der Waals surface area contributed by atoms with E-state index in [0.717, 1.165) is 16.7 Å². The number of hydrogen-bond acceptors (Lipinski definition) is 0. The maximum Gasteiger partial charge on any atom is 0.0174 e. The van der Waals surface area contributed by atoms with Gasteiger partial charge in [0.2, 0.25) is 0 Å². The van der Waals surface area contributed by atoms with E-state index < -0.39 is 0 Å². The first-order valence-corrected chi connectivity index (χ1v) is 8.50. The molecular weight excluding hydrogens is 272 g/mol. The summed E-state index contributed by atoms with van der Waals surface area (Å²) in [5.74, 6) is 1.87. The van der Waals surface area contributed by atoms with Gasteiger partial charge in [-0.05, 0) is 42.9 Å². The summed E-state index contributed by atoms with van der Waals surface area (Å²) in [6.07, 6.45) is 11.4. The number of halogens is 1. The van der Waals surface area contributed by atoms with Crippen LogP contribution in [0, 0.1) is 17.3 Å². The summed E-state index contributed by atoms with van der Waals surface area (Å²) in [6, 6.07) is 0. The van der Waals surface area contributed by atoms with Crippen molar-refractivity contribution >= 4 is 15.9 Å². The van der Waals surface area contributed by atoms with E-state index in [0.29, 0.717) is 5.41 Å². The number of alkyl halides is 1. The molecule has 102 valence electrons. The average Bonchev–Trinajstić information content (AvgIpc) is 2.25. The molecule has 1 fully saturated rings. The molecule has 3 unspecified atom stereocenters. The van der Waals surface area contributed by atoms with Crippen molar-refractivity contribution in [3.05, 3.63) is 0 Å². The van der Waals surface area contributed by atoms with Crippen LogP contribution in [0.2, 0.25) is 0 Å². The molecule has 0 N–H and O–H groups in total. The summed E-state index contributed by atoms with van der Waals surface area (Å²) in [4.78, 5) is 0.794. The molecule has 0 aliphatic heterocycles. The van der Waals surface area contributed by atoms with Crippen LogP contribution in [0.3, 0.4) is 0 Å². The predicted octanol–water partition coefficient (Wildman–Crippen LogP) is 6.18. The molecule has 1 rings (SSSR count). The summed E-state index contributed by atoms with van der Waals surface area (Å²) >= 11 is 3.92. The smallest absolute Gasteiger partial charge is 0.0174 e. The Kier molecular flexibility index (Phi) is 6.55. The highest BCUT2D eigenvalue weighted by molar-refractivity contribution is 9.09. The highest BCUT2D eigenvalue weighted by Crippen LogP contribution is 2.44. The van der Waals surface area contributed by atoms with Crippen LogP contribution in [-0.4, -0.2) is 4.83 Å². The Morgan fingerprint density at radius 3 is 2.35 bits per heavy atom. The third kappa shape index (κ3) is 5.32. The quantitative estimate of drug-likeness (QED) is 0.420. The lowest BCUT2D eigenvalue weighted by molar-refractivity contribution is 0.141. The molecule has 1 heteroatoms. The van der Waals surface area contributed by atoms with Crippen molar-refractivity contribution in [2.45, 2.75) is 83.9 Å². The number of rotatable bonds is 5. The van der Waals surface area contributed by atoms with Gasteiger partial charge in [-0.3, -0.25) is 0 Å². The van der Waals surface area contributed by atoms with Crippen LogP contribution in [0.25, 0.3) is 0 Å². The van der Waals surface area contributed by atoms with Crippen LogP contribution in [0.15, 0.2) is 0 Å². The van der Waals surface area contributed by atoms with Crippen molar-refractivity contribution in [2.75, 3.05) is 0 Å². The third-order valence-corrected chi connectivity index (χ3v) is 5.75. The Morgan fingerprint density at radius 2 is 1.76 bits per heavy atom. The summed E-state index contributed by atoms with van der Waals surface area (Å²) in [7, 11) is 0. The molecule has 0 aromatic carbocycles. The van der Waals surface area contributed by atoms with Crippen molar-refractivity contribution in [3.8, 4) is 0 Å². The fourth-order valence-electron chi connectivity index (χ4n) is 3.15. The van der Waals surface area contributed by atoms with Crippen molar-refractivity contribution in [1.29, 1.82) is 0 Å². The standard InChI is InChI=1S/C16H31Br/c1-5-6-7-8-9-13-12-14(16(2,3)4)10-11-15(13)17/h13-15H,5-12H2,1-4H3. The van der Waals surface area contributed by atoms with E-state index in [9.17, 15) is 0 Å². The van der Waals surface area contributed by atoms with Crippen LogP contribution >= 0.6 is 15.9 Å². The molecule has 0 aromatic heterocycles. The van der Waals surface area contributed by atoms with Gasteiger partial charge in [0.05, 0.1) is 0 Å². The average molecular weight is 303 g/mol. The molecule has 0 bridgehead atoms. The van der Waals surface area contributed by atoms with Crippen LogP contribution in [0.4, 0.5) is 0 Å². The van der Waals surface area contributed by atoms with Crippen molar-refractivity contribution in [2.24, 2.45) is 17.3 Å². The maximum absolute atomic E-state index is 3.92. The van der Waals surface area contributed by atoms with Gasteiger partial charge in [0.1, 0.15) is 0 Å². The largest absolute Gasteiger partial charge is 0.0888 e. The van der Waals surface area contributed by atoms with E-state index in [4.69, 9.17) is 0 Å². The number of hydrogen-bond donors (Lipinski definition) is 0. The van der Waals surface area contributed by atoms with Gasteiger partial charge < -0.3 is 0 Å². The minimum absolute atomic E-state index is 0.509. The molecule has 1 saturated carbocycles. The molecule has 1 aliphatic carbocycles. The second kappa shape index (κ2) is 7.16. The van der Waals surface area contributed by atoms with E-state index in [1.165, 1.54) is 51.4 Å². The van der Waals surface area contributed by atoms with Crippen LogP contribution in [0.1, 0.15) is 79.1 Å². The lowest BCUT2D eigenvalue weighted by atomic mass is 9.68. The fraction of sp³-hybridized carbons (Fsp3) is 1.00. The molecule has 0 amide bonds. The summed E-state index contributed by atoms with van der Waals surface area (Å²) < 4.78 is 0. The molecule has 1 aliphatic rings. The molecule has 17 heavy (non-hydrogen) atoms. The summed E-state index contributed by atoms with van der Waals surface area (Å²) in [5, 5.41) is 0. The first kappa shape index (κ1) is 15.5.